The van der Waals surface area contributed by atoms with Crippen molar-refractivity contribution in [1.29, 1.82) is 0 Å². The molecule has 0 aromatic carbocycles. The van der Waals surface area contributed by atoms with Crippen LogP contribution < -0.4 is 10.6 Å². The molecule has 2 aliphatic rings. The number of rotatable bonds is 6. The molecule has 1 fully saturated rings. The lowest BCUT2D eigenvalue weighted by Crippen LogP contribution is -2.42. The molecule has 2 heterocycles. The summed E-state index contributed by atoms with van der Waals surface area (Å²) in [6.45, 7) is 2.60. The Balaban J connectivity index is 1.46. The van der Waals surface area contributed by atoms with Gasteiger partial charge in [-0.05, 0) is 44.9 Å². The lowest BCUT2D eigenvalue weighted by Gasteiger charge is -2.27. The van der Waals surface area contributed by atoms with Crippen LogP contribution in [0.15, 0.2) is 0 Å². The summed E-state index contributed by atoms with van der Waals surface area (Å²) in [6, 6.07) is 0. The Morgan fingerprint density at radius 3 is 2.87 bits per heavy atom. The quantitative estimate of drug-likeness (QED) is 0.839. The number of hydrogen-bond donors (Lipinski definition) is 2. The average Bonchev–Trinajstić information content (AvgIpc) is 3.14. The summed E-state index contributed by atoms with van der Waals surface area (Å²) in [5.41, 5.74) is 1.07. The average molecular weight is 335 g/mol. The molecule has 2 amide bonds. The number of fused-ring (bicyclic) bond motifs is 1. The first-order valence-corrected chi connectivity index (χ1v) is 9.47. The van der Waals surface area contributed by atoms with Crippen molar-refractivity contribution in [2.45, 2.75) is 76.8 Å². The molecule has 1 aliphatic heterocycles. The molecule has 5 nitrogen and oxygen atoms in total. The summed E-state index contributed by atoms with van der Waals surface area (Å²) < 4.78 is 0. The third-order valence-corrected chi connectivity index (χ3v) is 6.23. The fraction of sp³-hybridized carbons (Fsp3) is 0.706. The van der Waals surface area contributed by atoms with Gasteiger partial charge >= 0.3 is 0 Å². The van der Waals surface area contributed by atoms with E-state index in [9.17, 15) is 9.59 Å². The van der Waals surface area contributed by atoms with E-state index in [1.165, 1.54) is 23.4 Å². The second kappa shape index (κ2) is 6.99. The summed E-state index contributed by atoms with van der Waals surface area (Å²) in [5.74, 6) is 0.160. The zero-order valence-corrected chi connectivity index (χ0v) is 14.6. The molecule has 0 spiro atoms. The van der Waals surface area contributed by atoms with Crippen molar-refractivity contribution in [2.24, 2.45) is 0 Å². The Kier molecular flexibility index (Phi) is 4.99. The first-order valence-electron chi connectivity index (χ1n) is 8.65. The normalized spacial score (nSPS) is 23.4. The summed E-state index contributed by atoms with van der Waals surface area (Å²) in [7, 11) is 0. The highest BCUT2D eigenvalue weighted by atomic mass is 32.1. The summed E-state index contributed by atoms with van der Waals surface area (Å²) in [5, 5.41) is 7.05. The standard InChI is InChI=1S/C17H25N3O2S/c1-2-17(10-8-15(22)20-17)9-7-14(21)18-11-16-19-12-5-3-4-6-13(12)23-16/h2-11H2,1H3,(H,18,21)(H,20,22). The molecule has 2 N–H and O–H groups in total. The van der Waals surface area contributed by atoms with E-state index in [1.807, 2.05) is 0 Å². The smallest absolute Gasteiger partial charge is 0.220 e. The number of carbonyl (C=O) groups excluding carboxylic acids is 2. The molecule has 23 heavy (non-hydrogen) atoms. The number of thiazole rings is 1. The van der Waals surface area contributed by atoms with Crippen LogP contribution in [0.2, 0.25) is 0 Å². The first-order chi connectivity index (χ1) is 11.1. The van der Waals surface area contributed by atoms with Gasteiger partial charge in [0.15, 0.2) is 0 Å². The Hall–Kier alpha value is -1.43. The molecule has 0 saturated carbocycles. The minimum atomic E-state index is -0.172. The maximum Gasteiger partial charge on any atom is 0.220 e. The van der Waals surface area contributed by atoms with Gasteiger partial charge in [0.2, 0.25) is 11.8 Å². The van der Waals surface area contributed by atoms with Gasteiger partial charge in [-0.1, -0.05) is 6.92 Å². The van der Waals surface area contributed by atoms with Crippen LogP contribution in [0.25, 0.3) is 0 Å². The minimum Gasteiger partial charge on any atom is -0.351 e. The van der Waals surface area contributed by atoms with Crippen molar-refractivity contribution in [3.05, 3.63) is 15.6 Å². The molecule has 1 unspecified atom stereocenters. The predicted molar refractivity (Wildman–Crippen MR) is 90.2 cm³/mol. The van der Waals surface area contributed by atoms with Gasteiger partial charge in [0.1, 0.15) is 5.01 Å². The fourth-order valence-electron chi connectivity index (χ4n) is 3.50. The van der Waals surface area contributed by atoms with Gasteiger partial charge in [-0.15, -0.1) is 11.3 Å². The van der Waals surface area contributed by atoms with Crippen LogP contribution in [-0.2, 0) is 29.0 Å². The summed E-state index contributed by atoms with van der Waals surface area (Å²) >= 11 is 1.74. The number of carbonyl (C=O) groups is 2. The number of hydrogen-bond acceptors (Lipinski definition) is 4. The van der Waals surface area contributed by atoms with E-state index in [0.717, 1.165) is 37.1 Å². The van der Waals surface area contributed by atoms with E-state index in [0.29, 0.717) is 19.4 Å². The molecule has 126 valence electrons. The molecule has 1 atom stereocenters. The van der Waals surface area contributed by atoms with Crippen LogP contribution in [0.4, 0.5) is 0 Å². The van der Waals surface area contributed by atoms with Gasteiger partial charge < -0.3 is 10.6 Å². The number of aryl methyl sites for hydroxylation is 2. The number of amides is 2. The molecule has 1 aromatic rings. The van der Waals surface area contributed by atoms with Crippen molar-refractivity contribution in [1.82, 2.24) is 15.6 Å². The van der Waals surface area contributed by atoms with Crippen molar-refractivity contribution in [3.63, 3.8) is 0 Å². The Labute approximate surface area is 141 Å². The Bertz CT molecular complexity index is 575. The lowest BCUT2D eigenvalue weighted by molar-refractivity contribution is -0.122. The van der Waals surface area contributed by atoms with Gasteiger partial charge in [0, 0.05) is 23.3 Å². The number of aromatic nitrogens is 1. The van der Waals surface area contributed by atoms with Crippen LogP contribution >= 0.6 is 11.3 Å². The number of nitrogens with one attached hydrogen (secondary N) is 2. The second-order valence-electron chi connectivity index (χ2n) is 6.64. The van der Waals surface area contributed by atoms with Crippen molar-refractivity contribution in [3.8, 4) is 0 Å². The summed E-state index contributed by atoms with van der Waals surface area (Å²) in [4.78, 5) is 29.6. The maximum absolute atomic E-state index is 12.1. The third kappa shape index (κ3) is 3.91. The monoisotopic (exact) mass is 335 g/mol. The largest absolute Gasteiger partial charge is 0.351 e. The third-order valence-electron chi connectivity index (χ3n) is 5.07. The van der Waals surface area contributed by atoms with E-state index >= 15 is 0 Å². The van der Waals surface area contributed by atoms with Gasteiger partial charge in [0.05, 0.1) is 12.2 Å². The highest BCUT2D eigenvalue weighted by Gasteiger charge is 2.35. The highest BCUT2D eigenvalue weighted by Crippen LogP contribution is 2.29. The fourth-order valence-corrected chi connectivity index (χ4v) is 4.60. The SMILES string of the molecule is CCC1(CCC(=O)NCc2nc3c(s2)CCCC3)CCC(=O)N1. The summed E-state index contributed by atoms with van der Waals surface area (Å²) in [6.07, 6.45) is 8.19. The van der Waals surface area contributed by atoms with Gasteiger partial charge in [-0.2, -0.15) is 0 Å². The van der Waals surface area contributed by atoms with E-state index in [2.05, 4.69) is 22.5 Å². The molecule has 1 aromatic heterocycles. The van der Waals surface area contributed by atoms with E-state index in [1.54, 1.807) is 11.3 Å². The van der Waals surface area contributed by atoms with E-state index < -0.39 is 0 Å². The van der Waals surface area contributed by atoms with E-state index in [4.69, 9.17) is 0 Å². The molecule has 6 heteroatoms. The second-order valence-corrected chi connectivity index (χ2v) is 7.81. The minimum absolute atomic E-state index is 0.0483. The first kappa shape index (κ1) is 16.4. The van der Waals surface area contributed by atoms with Gasteiger partial charge in [0.25, 0.3) is 0 Å². The molecule has 3 rings (SSSR count). The van der Waals surface area contributed by atoms with Crippen molar-refractivity contribution < 1.29 is 9.59 Å². The van der Waals surface area contributed by atoms with Crippen LogP contribution in [0.3, 0.4) is 0 Å². The molecular weight excluding hydrogens is 310 g/mol. The topological polar surface area (TPSA) is 71.1 Å². The maximum atomic E-state index is 12.1. The molecule has 0 bridgehead atoms. The van der Waals surface area contributed by atoms with Gasteiger partial charge in [-0.25, -0.2) is 4.98 Å². The van der Waals surface area contributed by atoms with E-state index in [-0.39, 0.29) is 17.4 Å². The predicted octanol–water partition coefficient (Wildman–Crippen LogP) is 2.48. The Morgan fingerprint density at radius 2 is 2.17 bits per heavy atom. The molecular formula is C17H25N3O2S. The van der Waals surface area contributed by atoms with Crippen LogP contribution in [0, 0.1) is 0 Å². The lowest BCUT2D eigenvalue weighted by atomic mass is 9.89. The molecule has 1 saturated heterocycles. The van der Waals surface area contributed by atoms with Crippen molar-refractivity contribution >= 4 is 23.2 Å². The van der Waals surface area contributed by atoms with Gasteiger partial charge in [-0.3, -0.25) is 9.59 Å². The Morgan fingerprint density at radius 1 is 1.35 bits per heavy atom. The zero-order chi connectivity index (χ0) is 16.3. The van der Waals surface area contributed by atoms with Crippen LogP contribution in [0.1, 0.15) is 67.4 Å². The van der Waals surface area contributed by atoms with Crippen LogP contribution in [0.5, 0.6) is 0 Å². The molecule has 0 radical (unpaired) electrons. The number of nitrogens with zero attached hydrogens (tertiary/aromatic N) is 1. The zero-order valence-electron chi connectivity index (χ0n) is 13.7. The van der Waals surface area contributed by atoms with Crippen LogP contribution in [-0.4, -0.2) is 22.3 Å². The molecule has 1 aliphatic carbocycles. The van der Waals surface area contributed by atoms with Crippen molar-refractivity contribution in [2.75, 3.05) is 0 Å². The highest BCUT2D eigenvalue weighted by molar-refractivity contribution is 7.11.